The number of esters is 3. The summed E-state index contributed by atoms with van der Waals surface area (Å²) in [4.78, 5) is 58.4. The monoisotopic (exact) mass is 1410 g/mol. The van der Waals surface area contributed by atoms with Crippen molar-refractivity contribution in [2.75, 3.05) is 39.6 Å². The average Bonchev–Trinajstić information content (AvgIpc) is 1.57. The third-order valence-electron chi connectivity index (χ3n) is 16.6. The van der Waals surface area contributed by atoms with Crippen LogP contribution in [0.4, 0.5) is 0 Å². The van der Waals surface area contributed by atoms with E-state index >= 15 is 0 Å². The summed E-state index contributed by atoms with van der Waals surface area (Å²) in [7, 11) is -9.76. The van der Waals surface area contributed by atoms with Gasteiger partial charge >= 0.3 is 33.6 Å². The van der Waals surface area contributed by atoms with Gasteiger partial charge in [0.2, 0.25) is 0 Å². The van der Waals surface area contributed by atoms with Crippen molar-refractivity contribution < 1.29 is 75.8 Å². The summed E-state index contributed by atoms with van der Waals surface area (Å²) >= 11 is 0. The van der Waals surface area contributed by atoms with Crippen molar-refractivity contribution in [1.29, 1.82) is 0 Å². The van der Waals surface area contributed by atoms with Gasteiger partial charge < -0.3 is 34.2 Å². The maximum absolute atomic E-state index is 12.9. The van der Waals surface area contributed by atoms with Crippen LogP contribution >= 0.6 is 15.6 Å². The third kappa shape index (κ3) is 73.8. The number of carbonyl (C=O) groups is 3. The number of phosphoric ester groups is 2. The highest BCUT2D eigenvalue weighted by Gasteiger charge is 2.29. The van der Waals surface area contributed by atoms with Crippen molar-refractivity contribution in [3.63, 3.8) is 0 Å². The standard InChI is InChI=1S/C79H142O16P2/c1-4-7-10-13-16-19-22-25-26-27-28-29-30-31-32-33-34-35-36-37-38-39-40-41-42-43-44-45-46-49-51-53-56-59-62-65-77(82)89-68-74(80)69-91-96(85,86)92-70-75(81)71-93-97(87,88)94-73-76(95-79(84)67-64-61-58-55-52-48-24-21-18-15-12-9-6-3)72-90-78(83)66-63-60-57-54-50-47-23-20-17-14-11-8-5-2/h7,10,16,19-20,23,25-26,28-29,31-32,34-35,74-76,80-81H,4-6,8-9,11-15,17-18,21-22,24,27,30,33,36-73H2,1-3H3,(H,85,86)(H,87,88)/b10-7-,19-16-,23-20-,26-25-,29-28-,32-31-,35-34-. The summed E-state index contributed by atoms with van der Waals surface area (Å²) < 4.78 is 61.0. The zero-order valence-electron chi connectivity index (χ0n) is 61.5. The van der Waals surface area contributed by atoms with E-state index in [1.54, 1.807) is 0 Å². The highest BCUT2D eigenvalue weighted by atomic mass is 31.2. The minimum absolute atomic E-state index is 0.109. The second-order valence-electron chi connectivity index (χ2n) is 26.1. The second kappa shape index (κ2) is 72.5. The molecule has 0 aliphatic carbocycles. The molecule has 0 aromatic heterocycles. The largest absolute Gasteiger partial charge is 0.472 e. The highest BCUT2D eigenvalue weighted by molar-refractivity contribution is 7.47. The van der Waals surface area contributed by atoms with Crippen molar-refractivity contribution in [2.24, 2.45) is 0 Å². The molecule has 0 aliphatic heterocycles. The van der Waals surface area contributed by atoms with Gasteiger partial charge in [-0.2, -0.15) is 0 Å². The zero-order valence-corrected chi connectivity index (χ0v) is 63.3. The Morgan fingerprint density at radius 2 is 0.546 bits per heavy atom. The van der Waals surface area contributed by atoms with Crippen LogP contribution in [0.2, 0.25) is 0 Å². The van der Waals surface area contributed by atoms with Crippen molar-refractivity contribution in [1.82, 2.24) is 0 Å². The molecule has 0 aliphatic rings. The lowest BCUT2D eigenvalue weighted by Gasteiger charge is -2.21. The van der Waals surface area contributed by atoms with Gasteiger partial charge in [0.15, 0.2) is 6.10 Å². The average molecular weight is 1410 g/mol. The Balaban J connectivity index is 4.29. The molecule has 0 aromatic rings. The quantitative estimate of drug-likeness (QED) is 0.0146. The van der Waals surface area contributed by atoms with Gasteiger partial charge in [0, 0.05) is 19.3 Å². The maximum atomic E-state index is 12.9. The molecule has 5 unspecified atom stereocenters. The lowest BCUT2D eigenvalue weighted by Crippen LogP contribution is -2.30. The van der Waals surface area contributed by atoms with Crippen LogP contribution in [0, 0.1) is 0 Å². The maximum Gasteiger partial charge on any atom is 0.472 e. The zero-order chi connectivity index (χ0) is 70.9. The molecule has 0 saturated heterocycles. The van der Waals surface area contributed by atoms with E-state index in [1.165, 1.54) is 161 Å². The predicted molar refractivity (Wildman–Crippen MR) is 399 cm³/mol. The van der Waals surface area contributed by atoms with E-state index < -0.39 is 91.5 Å². The summed E-state index contributed by atoms with van der Waals surface area (Å²) in [6.45, 7) is 2.57. The Hall–Kier alpha value is -3.27. The molecule has 0 rings (SSSR count). The fourth-order valence-corrected chi connectivity index (χ4v) is 12.3. The van der Waals surface area contributed by atoms with E-state index in [-0.39, 0.29) is 19.3 Å². The number of aliphatic hydroxyl groups excluding tert-OH is 2. The van der Waals surface area contributed by atoms with Crippen molar-refractivity contribution >= 4 is 33.6 Å². The predicted octanol–water partition coefficient (Wildman–Crippen LogP) is 22.4. The summed E-state index contributed by atoms with van der Waals surface area (Å²) in [5.41, 5.74) is 0. The molecule has 5 atom stereocenters. The van der Waals surface area contributed by atoms with E-state index in [2.05, 4.69) is 106 Å². The molecule has 16 nitrogen and oxygen atoms in total. The van der Waals surface area contributed by atoms with Crippen molar-refractivity contribution in [2.45, 2.75) is 360 Å². The lowest BCUT2D eigenvalue weighted by atomic mass is 10.0. The van der Waals surface area contributed by atoms with Gasteiger partial charge in [0.1, 0.15) is 25.4 Å². The molecule has 0 bridgehead atoms. The van der Waals surface area contributed by atoms with Crippen LogP contribution in [0.15, 0.2) is 85.1 Å². The minimum atomic E-state index is -4.92. The first-order valence-electron chi connectivity index (χ1n) is 38.9. The van der Waals surface area contributed by atoms with Gasteiger partial charge in [0.25, 0.3) is 0 Å². The molecule has 4 N–H and O–H groups in total. The first-order valence-corrected chi connectivity index (χ1v) is 41.9. The Bertz CT molecular complexity index is 2110. The van der Waals surface area contributed by atoms with E-state index in [0.717, 1.165) is 122 Å². The number of hydrogen-bond acceptors (Lipinski definition) is 14. The van der Waals surface area contributed by atoms with Crippen molar-refractivity contribution in [3.05, 3.63) is 85.1 Å². The van der Waals surface area contributed by atoms with Gasteiger partial charge in [-0.05, 0) is 96.3 Å². The second-order valence-corrected chi connectivity index (χ2v) is 29.0. The number of allylic oxidation sites excluding steroid dienone is 14. The van der Waals surface area contributed by atoms with Crippen LogP contribution in [0.3, 0.4) is 0 Å². The first-order chi connectivity index (χ1) is 47.2. The lowest BCUT2D eigenvalue weighted by molar-refractivity contribution is -0.161. The Kier molecular flexibility index (Phi) is 70.1. The van der Waals surface area contributed by atoms with Crippen LogP contribution in [0.5, 0.6) is 0 Å². The van der Waals surface area contributed by atoms with Crippen LogP contribution < -0.4 is 0 Å². The molecule has 0 amide bonds. The van der Waals surface area contributed by atoms with Crippen LogP contribution in [-0.4, -0.2) is 95.9 Å². The summed E-state index contributed by atoms with van der Waals surface area (Å²) in [5.74, 6) is -1.57. The minimum Gasteiger partial charge on any atom is -0.463 e. The smallest absolute Gasteiger partial charge is 0.463 e. The van der Waals surface area contributed by atoms with Crippen LogP contribution in [0.1, 0.15) is 342 Å². The number of phosphoric acid groups is 2. The first kappa shape index (κ1) is 93.7. The van der Waals surface area contributed by atoms with Gasteiger partial charge in [0.05, 0.1) is 26.4 Å². The highest BCUT2D eigenvalue weighted by Crippen LogP contribution is 2.45. The van der Waals surface area contributed by atoms with E-state index in [0.29, 0.717) is 19.3 Å². The normalized spacial score (nSPS) is 14.5. The summed E-state index contributed by atoms with van der Waals surface area (Å²) in [6, 6.07) is 0. The van der Waals surface area contributed by atoms with Gasteiger partial charge in [-0.1, -0.05) is 311 Å². The topological polar surface area (TPSA) is 231 Å². The molecule has 0 spiro atoms. The molecular formula is C79H142O16P2. The fourth-order valence-electron chi connectivity index (χ4n) is 10.7. The number of unbranched alkanes of at least 4 members (excludes halogenated alkanes) is 37. The van der Waals surface area contributed by atoms with Gasteiger partial charge in [-0.3, -0.25) is 32.5 Å². The molecule has 0 heterocycles. The molecular weight excluding hydrogens is 1270 g/mol. The van der Waals surface area contributed by atoms with E-state index in [9.17, 15) is 43.5 Å². The molecule has 0 radical (unpaired) electrons. The van der Waals surface area contributed by atoms with Crippen LogP contribution in [0.25, 0.3) is 0 Å². The number of ether oxygens (including phenoxy) is 3. The summed E-state index contributed by atoms with van der Waals surface area (Å²) in [6.07, 6.45) is 80.9. The molecule has 0 aromatic carbocycles. The van der Waals surface area contributed by atoms with Crippen LogP contribution in [-0.2, 0) is 55.8 Å². The SMILES string of the molecule is CC/C=C\C/C=C\C/C=C\C/C=C\C/C=C\C/C=C\CCCCCCCCCCCCCCCCCCC(=O)OCC(O)COP(=O)(O)OCC(O)COP(=O)(O)OCC(COC(=O)CCCCCCC/C=C\CCCCCC)OC(=O)CCCCCCCCCCCCCCC. The number of aliphatic hydroxyl groups is 2. The molecule has 18 heteroatoms. The van der Waals surface area contributed by atoms with E-state index in [1.807, 2.05) is 0 Å². The molecule has 0 fully saturated rings. The number of hydrogen-bond donors (Lipinski definition) is 4. The molecule has 564 valence electrons. The van der Waals surface area contributed by atoms with Crippen molar-refractivity contribution in [3.8, 4) is 0 Å². The Labute approximate surface area is 591 Å². The fraction of sp³-hybridized carbons (Fsp3) is 0.785. The number of rotatable bonds is 74. The van der Waals surface area contributed by atoms with Gasteiger partial charge in [-0.25, -0.2) is 9.13 Å². The summed E-state index contributed by atoms with van der Waals surface area (Å²) in [5, 5.41) is 20.6. The Morgan fingerprint density at radius 3 is 0.887 bits per heavy atom. The Morgan fingerprint density at radius 1 is 0.299 bits per heavy atom. The van der Waals surface area contributed by atoms with E-state index in [4.69, 9.17) is 32.3 Å². The van der Waals surface area contributed by atoms with Gasteiger partial charge in [-0.15, -0.1) is 0 Å². The number of carbonyl (C=O) groups excluding carboxylic acids is 3. The molecule has 97 heavy (non-hydrogen) atoms. The third-order valence-corrected chi connectivity index (χ3v) is 18.5. The molecule has 0 saturated carbocycles.